The van der Waals surface area contributed by atoms with E-state index >= 15 is 0 Å². The highest BCUT2D eigenvalue weighted by molar-refractivity contribution is 9.10. The first-order valence-electron chi connectivity index (χ1n) is 6.37. The minimum absolute atomic E-state index is 0.175. The fourth-order valence-electron chi connectivity index (χ4n) is 1.64. The molecule has 0 aliphatic rings. The van der Waals surface area contributed by atoms with Crippen LogP contribution in [0.3, 0.4) is 0 Å². The minimum atomic E-state index is -0.785. The van der Waals surface area contributed by atoms with Crippen LogP contribution >= 0.6 is 15.9 Å². The molecular weight excluding hydrogens is 370 g/mol. The van der Waals surface area contributed by atoms with Gasteiger partial charge < -0.3 is 19.5 Å². The molecule has 0 heterocycles. The highest BCUT2D eigenvalue weighted by Crippen LogP contribution is 2.27. The van der Waals surface area contributed by atoms with Gasteiger partial charge in [0.05, 0.1) is 38.7 Å². The number of ether oxygens (including phenoxy) is 3. The Balaban J connectivity index is 3.35. The molecule has 0 saturated carbocycles. The van der Waals surface area contributed by atoms with Crippen molar-refractivity contribution in [3.05, 3.63) is 39.5 Å². The molecule has 0 aliphatic carbocycles. The van der Waals surface area contributed by atoms with Gasteiger partial charge in [0.2, 0.25) is 0 Å². The van der Waals surface area contributed by atoms with Gasteiger partial charge >= 0.3 is 17.9 Å². The first-order valence-corrected chi connectivity index (χ1v) is 7.16. The van der Waals surface area contributed by atoms with Crippen LogP contribution in [-0.4, -0.2) is 39.2 Å². The molecule has 0 aliphatic heterocycles. The topological polar surface area (TPSA) is 90.9 Å². The summed E-state index contributed by atoms with van der Waals surface area (Å²) in [5, 5.41) is 2.71. The molecule has 0 aromatic heterocycles. The molecule has 0 radical (unpaired) electrons. The molecule has 23 heavy (non-hydrogen) atoms. The third-order valence-electron chi connectivity index (χ3n) is 2.84. The molecule has 1 aromatic rings. The molecular formula is C15H16BrNO6. The largest absolute Gasteiger partial charge is 0.466 e. The molecule has 0 bridgehead atoms. The predicted molar refractivity (Wildman–Crippen MR) is 86.0 cm³/mol. The number of benzene rings is 1. The Morgan fingerprint density at radius 3 is 2.26 bits per heavy atom. The van der Waals surface area contributed by atoms with E-state index in [-0.39, 0.29) is 16.9 Å². The molecule has 0 amide bonds. The molecule has 1 N–H and O–H groups in total. The SMILES string of the molecule is COC(=O)/C=C(/Nc1cc(C)c(Br)cc1C(=O)OC)C(=O)OC. The van der Waals surface area contributed by atoms with Crippen LogP contribution in [0.5, 0.6) is 0 Å². The predicted octanol–water partition coefficient (Wildman–Crippen LogP) is 2.19. The second kappa shape index (κ2) is 8.33. The Labute approximate surface area is 141 Å². The van der Waals surface area contributed by atoms with E-state index in [9.17, 15) is 14.4 Å². The average Bonchev–Trinajstić information content (AvgIpc) is 2.55. The van der Waals surface area contributed by atoms with Crippen LogP contribution in [0.2, 0.25) is 0 Å². The molecule has 0 fully saturated rings. The second-order valence-corrected chi connectivity index (χ2v) is 5.19. The van der Waals surface area contributed by atoms with E-state index in [1.165, 1.54) is 21.3 Å². The van der Waals surface area contributed by atoms with E-state index in [1.54, 1.807) is 19.1 Å². The number of methoxy groups -OCH3 is 3. The quantitative estimate of drug-likeness (QED) is 0.471. The summed E-state index contributed by atoms with van der Waals surface area (Å²) in [5.74, 6) is -2.13. The van der Waals surface area contributed by atoms with Gasteiger partial charge in [-0.25, -0.2) is 14.4 Å². The standard InChI is InChI=1S/C15H16BrNO6/c1-8-5-11(9(6-10(8)16)14(19)22-3)17-12(15(20)23-4)7-13(18)21-2/h5-7,17H,1-4H3/b12-7+. The number of aryl methyl sites for hydroxylation is 1. The highest BCUT2D eigenvalue weighted by atomic mass is 79.9. The maximum atomic E-state index is 11.9. The number of carbonyl (C=O) groups is 3. The fraction of sp³-hybridized carbons (Fsp3) is 0.267. The number of halogens is 1. The van der Waals surface area contributed by atoms with Gasteiger partial charge in [-0.3, -0.25) is 0 Å². The summed E-state index contributed by atoms with van der Waals surface area (Å²) in [6.45, 7) is 1.80. The summed E-state index contributed by atoms with van der Waals surface area (Å²) < 4.78 is 14.5. The summed E-state index contributed by atoms with van der Waals surface area (Å²) in [5.41, 5.74) is 1.11. The van der Waals surface area contributed by atoms with Crippen LogP contribution < -0.4 is 5.32 Å². The average molecular weight is 386 g/mol. The summed E-state index contributed by atoms with van der Waals surface area (Å²) in [6, 6.07) is 3.18. The number of hydrogen-bond acceptors (Lipinski definition) is 7. The number of nitrogens with one attached hydrogen (secondary N) is 1. The van der Waals surface area contributed by atoms with Crippen LogP contribution in [0.25, 0.3) is 0 Å². The van der Waals surface area contributed by atoms with Crippen molar-refractivity contribution in [2.45, 2.75) is 6.92 Å². The van der Waals surface area contributed by atoms with Crippen molar-refractivity contribution < 1.29 is 28.6 Å². The van der Waals surface area contributed by atoms with Crippen molar-refractivity contribution >= 4 is 39.5 Å². The van der Waals surface area contributed by atoms with Gasteiger partial charge in [-0.1, -0.05) is 15.9 Å². The van der Waals surface area contributed by atoms with Crippen molar-refractivity contribution in [3.63, 3.8) is 0 Å². The van der Waals surface area contributed by atoms with Crippen molar-refractivity contribution in [1.29, 1.82) is 0 Å². The Hall–Kier alpha value is -2.35. The van der Waals surface area contributed by atoms with E-state index in [0.29, 0.717) is 4.47 Å². The normalized spacial score (nSPS) is 10.7. The number of anilines is 1. The van der Waals surface area contributed by atoms with Gasteiger partial charge in [0, 0.05) is 4.47 Å². The maximum absolute atomic E-state index is 11.9. The third-order valence-corrected chi connectivity index (χ3v) is 3.70. The Morgan fingerprint density at radius 1 is 1.09 bits per heavy atom. The zero-order valence-electron chi connectivity index (χ0n) is 13.1. The molecule has 124 valence electrons. The lowest BCUT2D eigenvalue weighted by Gasteiger charge is -2.14. The Morgan fingerprint density at radius 2 is 1.74 bits per heavy atom. The molecule has 8 heteroatoms. The van der Waals surface area contributed by atoms with Crippen LogP contribution in [0, 0.1) is 6.92 Å². The first kappa shape index (κ1) is 18.7. The van der Waals surface area contributed by atoms with E-state index in [0.717, 1.165) is 11.6 Å². The molecule has 1 rings (SSSR count). The van der Waals surface area contributed by atoms with E-state index in [4.69, 9.17) is 4.74 Å². The van der Waals surface area contributed by atoms with Crippen molar-refractivity contribution in [1.82, 2.24) is 0 Å². The first-order chi connectivity index (χ1) is 10.8. The molecule has 0 saturated heterocycles. The van der Waals surface area contributed by atoms with Gasteiger partial charge in [-0.15, -0.1) is 0 Å². The third kappa shape index (κ3) is 4.82. The second-order valence-electron chi connectivity index (χ2n) is 4.34. The van der Waals surface area contributed by atoms with E-state index in [1.807, 2.05) is 0 Å². The summed E-state index contributed by atoms with van der Waals surface area (Å²) in [7, 11) is 3.59. The van der Waals surface area contributed by atoms with Gasteiger partial charge in [-0.2, -0.15) is 0 Å². The van der Waals surface area contributed by atoms with Gasteiger partial charge in [0.15, 0.2) is 0 Å². The van der Waals surface area contributed by atoms with Crippen LogP contribution in [0.1, 0.15) is 15.9 Å². The zero-order chi connectivity index (χ0) is 17.6. The Kier molecular flexibility index (Phi) is 6.77. The van der Waals surface area contributed by atoms with E-state index < -0.39 is 17.9 Å². The number of carbonyl (C=O) groups excluding carboxylic acids is 3. The number of rotatable bonds is 5. The Bertz CT molecular complexity index is 668. The molecule has 0 unspecified atom stereocenters. The lowest BCUT2D eigenvalue weighted by atomic mass is 10.1. The summed E-state index contributed by atoms with van der Waals surface area (Å²) in [6.07, 6.45) is 0.935. The minimum Gasteiger partial charge on any atom is -0.466 e. The maximum Gasteiger partial charge on any atom is 0.354 e. The van der Waals surface area contributed by atoms with Gasteiger partial charge in [-0.05, 0) is 24.6 Å². The molecule has 0 atom stereocenters. The van der Waals surface area contributed by atoms with E-state index in [2.05, 4.69) is 30.7 Å². The summed E-state index contributed by atoms with van der Waals surface area (Å²) >= 11 is 3.32. The monoisotopic (exact) mass is 385 g/mol. The van der Waals surface area contributed by atoms with Crippen molar-refractivity contribution in [2.75, 3.05) is 26.6 Å². The molecule has 7 nitrogen and oxygen atoms in total. The lowest BCUT2D eigenvalue weighted by Crippen LogP contribution is -2.17. The van der Waals surface area contributed by atoms with Crippen molar-refractivity contribution in [2.24, 2.45) is 0 Å². The highest BCUT2D eigenvalue weighted by Gasteiger charge is 2.19. The number of hydrogen-bond donors (Lipinski definition) is 1. The lowest BCUT2D eigenvalue weighted by molar-refractivity contribution is -0.138. The van der Waals surface area contributed by atoms with Gasteiger partial charge in [0.25, 0.3) is 0 Å². The zero-order valence-corrected chi connectivity index (χ0v) is 14.6. The van der Waals surface area contributed by atoms with Crippen LogP contribution in [0.4, 0.5) is 5.69 Å². The molecule has 0 spiro atoms. The number of esters is 3. The van der Waals surface area contributed by atoms with Crippen LogP contribution in [0.15, 0.2) is 28.4 Å². The smallest absolute Gasteiger partial charge is 0.354 e. The van der Waals surface area contributed by atoms with Gasteiger partial charge in [0.1, 0.15) is 5.70 Å². The molecule has 1 aromatic carbocycles. The van der Waals surface area contributed by atoms with Crippen LogP contribution in [-0.2, 0) is 23.8 Å². The summed E-state index contributed by atoms with van der Waals surface area (Å²) in [4.78, 5) is 35.1. The van der Waals surface area contributed by atoms with Crippen molar-refractivity contribution in [3.8, 4) is 0 Å². The fourth-order valence-corrected chi connectivity index (χ4v) is 1.99.